The first-order valence-electron chi connectivity index (χ1n) is 6.43. The monoisotopic (exact) mass is 250 g/mol. The molecule has 1 saturated heterocycles. The Morgan fingerprint density at radius 2 is 1.94 bits per heavy atom. The fraction of sp³-hybridized carbons (Fsp3) is 0.571. The van der Waals surface area contributed by atoms with Gasteiger partial charge in [-0.05, 0) is 31.2 Å². The average molecular weight is 250 g/mol. The van der Waals surface area contributed by atoms with Gasteiger partial charge in [0.05, 0.1) is 0 Å². The lowest BCUT2D eigenvalue weighted by molar-refractivity contribution is 0.0975. The summed E-state index contributed by atoms with van der Waals surface area (Å²) in [6.07, 6.45) is 0. The summed E-state index contributed by atoms with van der Waals surface area (Å²) in [5.74, 6) is 0.782. The van der Waals surface area contributed by atoms with Gasteiger partial charge in [-0.15, -0.1) is 0 Å². The molecule has 0 saturated carbocycles. The van der Waals surface area contributed by atoms with Crippen molar-refractivity contribution in [2.75, 3.05) is 40.0 Å². The molecular formula is C14H22N2O2. The Kier molecular flexibility index (Phi) is 4.58. The molecule has 0 spiro atoms. The van der Waals surface area contributed by atoms with Crippen LogP contribution in [0.4, 0.5) is 0 Å². The molecule has 0 radical (unpaired) electrons. The Bertz CT molecular complexity index is 387. The van der Waals surface area contributed by atoms with Crippen LogP contribution in [0.15, 0.2) is 18.2 Å². The Labute approximate surface area is 109 Å². The second kappa shape index (κ2) is 6.18. The van der Waals surface area contributed by atoms with Gasteiger partial charge in [-0.2, -0.15) is 0 Å². The molecular weight excluding hydrogens is 228 g/mol. The highest BCUT2D eigenvalue weighted by molar-refractivity contribution is 5.36. The van der Waals surface area contributed by atoms with Gasteiger partial charge in [-0.3, -0.25) is 4.90 Å². The summed E-state index contributed by atoms with van der Waals surface area (Å²) in [7, 11) is 2.16. The Hall–Kier alpha value is -1.10. The smallest absolute Gasteiger partial charge is 0.186 e. The van der Waals surface area contributed by atoms with Crippen molar-refractivity contribution in [1.29, 1.82) is 0 Å². The third-order valence-electron chi connectivity index (χ3n) is 3.47. The fourth-order valence-corrected chi connectivity index (χ4v) is 2.23. The van der Waals surface area contributed by atoms with E-state index in [0.29, 0.717) is 0 Å². The van der Waals surface area contributed by atoms with Crippen molar-refractivity contribution in [3.8, 4) is 5.75 Å². The topological polar surface area (TPSA) is 35.9 Å². The van der Waals surface area contributed by atoms with Gasteiger partial charge >= 0.3 is 0 Å². The first kappa shape index (κ1) is 13.3. The molecule has 1 aromatic rings. The van der Waals surface area contributed by atoms with Gasteiger partial charge in [0.15, 0.2) is 6.79 Å². The highest BCUT2D eigenvalue weighted by Gasteiger charge is 2.14. The van der Waals surface area contributed by atoms with E-state index >= 15 is 0 Å². The molecule has 100 valence electrons. The number of aliphatic hydroxyl groups excluding tert-OH is 1. The van der Waals surface area contributed by atoms with Gasteiger partial charge in [0.1, 0.15) is 5.75 Å². The van der Waals surface area contributed by atoms with E-state index in [2.05, 4.69) is 29.0 Å². The Balaban J connectivity index is 1.98. The van der Waals surface area contributed by atoms with E-state index in [-0.39, 0.29) is 6.79 Å². The molecule has 1 heterocycles. The largest absolute Gasteiger partial charge is 0.467 e. The van der Waals surface area contributed by atoms with Gasteiger partial charge in [0.25, 0.3) is 0 Å². The van der Waals surface area contributed by atoms with E-state index in [9.17, 15) is 0 Å². The van der Waals surface area contributed by atoms with Gasteiger partial charge < -0.3 is 14.7 Å². The van der Waals surface area contributed by atoms with E-state index in [1.807, 2.05) is 13.0 Å². The molecule has 0 aromatic heterocycles. The Morgan fingerprint density at radius 3 is 2.61 bits per heavy atom. The number of likely N-dealkylation sites (N-methyl/N-ethyl adjacent to an activating group) is 1. The summed E-state index contributed by atoms with van der Waals surface area (Å²) in [4.78, 5) is 4.80. The SMILES string of the molecule is Cc1ccc(CN2CCN(C)CC2)cc1OCO. The number of hydrogen-bond acceptors (Lipinski definition) is 4. The maximum absolute atomic E-state index is 8.85. The van der Waals surface area contributed by atoms with Crippen LogP contribution in [0.3, 0.4) is 0 Å². The molecule has 1 N–H and O–H groups in total. The molecule has 1 fully saturated rings. The maximum Gasteiger partial charge on any atom is 0.186 e. The summed E-state index contributed by atoms with van der Waals surface area (Å²) in [5, 5.41) is 8.85. The zero-order valence-electron chi connectivity index (χ0n) is 11.2. The molecule has 1 aromatic carbocycles. The van der Waals surface area contributed by atoms with Crippen LogP contribution >= 0.6 is 0 Å². The van der Waals surface area contributed by atoms with Crippen molar-refractivity contribution in [2.24, 2.45) is 0 Å². The second-order valence-corrected chi connectivity index (χ2v) is 4.95. The minimum absolute atomic E-state index is 0.265. The molecule has 0 aliphatic carbocycles. The van der Waals surface area contributed by atoms with Crippen molar-refractivity contribution < 1.29 is 9.84 Å². The number of aliphatic hydroxyl groups is 1. The lowest BCUT2D eigenvalue weighted by Crippen LogP contribution is -2.43. The first-order chi connectivity index (χ1) is 8.69. The number of rotatable bonds is 4. The predicted octanol–water partition coefficient (Wildman–Crippen LogP) is 1.07. The van der Waals surface area contributed by atoms with E-state index < -0.39 is 0 Å². The van der Waals surface area contributed by atoms with Crippen LogP contribution in [0.5, 0.6) is 5.75 Å². The normalized spacial score (nSPS) is 17.9. The van der Waals surface area contributed by atoms with Crippen LogP contribution in [0.1, 0.15) is 11.1 Å². The number of ether oxygens (including phenoxy) is 1. The van der Waals surface area contributed by atoms with Crippen molar-refractivity contribution >= 4 is 0 Å². The fourth-order valence-electron chi connectivity index (χ4n) is 2.23. The molecule has 4 heteroatoms. The third-order valence-corrected chi connectivity index (χ3v) is 3.47. The molecule has 0 bridgehead atoms. The number of hydrogen-bond donors (Lipinski definition) is 1. The van der Waals surface area contributed by atoms with Crippen LogP contribution in [0, 0.1) is 6.92 Å². The number of benzene rings is 1. The highest BCUT2D eigenvalue weighted by Crippen LogP contribution is 2.20. The molecule has 18 heavy (non-hydrogen) atoms. The number of nitrogens with zero attached hydrogens (tertiary/aromatic N) is 2. The maximum atomic E-state index is 8.85. The Morgan fingerprint density at radius 1 is 1.22 bits per heavy atom. The average Bonchev–Trinajstić information content (AvgIpc) is 2.37. The first-order valence-corrected chi connectivity index (χ1v) is 6.43. The van der Waals surface area contributed by atoms with E-state index in [1.165, 1.54) is 5.56 Å². The summed E-state index contributed by atoms with van der Waals surface area (Å²) < 4.78 is 5.21. The molecule has 1 aliphatic heterocycles. The predicted molar refractivity (Wildman–Crippen MR) is 71.7 cm³/mol. The molecule has 2 rings (SSSR count). The quantitative estimate of drug-likeness (QED) is 0.811. The minimum atomic E-state index is -0.265. The minimum Gasteiger partial charge on any atom is -0.467 e. The lowest BCUT2D eigenvalue weighted by atomic mass is 10.1. The summed E-state index contributed by atoms with van der Waals surface area (Å²) in [5.41, 5.74) is 2.31. The summed E-state index contributed by atoms with van der Waals surface area (Å²) in [6.45, 7) is 7.16. The van der Waals surface area contributed by atoms with Crippen molar-refractivity contribution in [1.82, 2.24) is 9.80 Å². The van der Waals surface area contributed by atoms with Crippen LogP contribution in [0.2, 0.25) is 0 Å². The molecule has 1 aliphatic rings. The van der Waals surface area contributed by atoms with E-state index in [1.54, 1.807) is 0 Å². The summed E-state index contributed by atoms with van der Waals surface area (Å²) >= 11 is 0. The number of aryl methyl sites for hydroxylation is 1. The molecule has 0 unspecified atom stereocenters. The second-order valence-electron chi connectivity index (χ2n) is 4.95. The van der Waals surface area contributed by atoms with Crippen LogP contribution in [0.25, 0.3) is 0 Å². The lowest BCUT2D eigenvalue weighted by Gasteiger charge is -2.32. The summed E-state index contributed by atoms with van der Waals surface area (Å²) in [6, 6.07) is 6.22. The van der Waals surface area contributed by atoms with Crippen LogP contribution in [-0.4, -0.2) is 54.9 Å². The van der Waals surface area contributed by atoms with Crippen molar-refractivity contribution in [2.45, 2.75) is 13.5 Å². The van der Waals surface area contributed by atoms with Gasteiger partial charge in [-0.1, -0.05) is 12.1 Å². The molecule has 0 atom stereocenters. The van der Waals surface area contributed by atoms with Crippen molar-refractivity contribution in [3.05, 3.63) is 29.3 Å². The van der Waals surface area contributed by atoms with Crippen LogP contribution in [-0.2, 0) is 6.54 Å². The van der Waals surface area contributed by atoms with Gasteiger partial charge in [-0.25, -0.2) is 0 Å². The van der Waals surface area contributed by atoms with E-state index in [4.69, 9.17) is 9.84 Å². The van der Waals surface area contributed by atoms with Crippen LogP contribution < -0.4 is 4.74 Å². The van der Waals surface area contributed by atoms with Gasteiger partial charge in [0, 0.05) is 32.7 Å². The zero-order chi connectivity index (χ0) is 13.0. The number of piperazine rings is 1. The molecule has 0 amide bonds. The third kappa shape index (κ3) is 3.45. The molecule has 4 nitrogen and oxygen atoms in total. The van der Waals surface area contributed by atoms with Gasteiger partial charge in [0.2, 0.25) is 0 Å². The zero-order valence-corrected chi connectivity index (χ0v) is 11.2. The highest BCUT2D eigenvalue weighted by atomic mass is 16.6. The standard InChI is InChI=1S/C14H22N2O2/c1-12-3-4-13(9-14(12)18-11-17)10-16-7-5-15(2)6-8-16/h3-4,9,17H,5-8,10-11H2,1-2H3. The van der Waals surface area contributed by atoms with E-state index in [0.717, 1.165) is 44.0 Å². The van der Waals surface area contributed by atoms with Crippen molar-refractivity contribution in [3.63, 3.8) is 0 Å².